The maximum absolute atomic E-state index is 12.6. The van der Waals surface area contributed by atoms with E-state index < -0.39 is 0 Å². The van der Waals surface area contributed by atoms with Crippen LogP contribution in [0.15, 0.2) is 18.2 Å². The topological polar surface area (TPSA) is 118 Å². The number of amides is 1. The number of aryl methyl sites for hydroxylation is 2. The number of nitrogen functional groups attached to an aromatic ring is 1. The maximum Gasteiger partial charge on any atom is 0.254 e. The molecule has 0 saturated heterocycles. The highest BCUT2D eigenvalue weighted by Gasteiger charge is 2.18. The third-order valence-corrected chi connectivity index (χ3v) is 4.54. The molecule has 0 bridgehead atoms. The van der Waals surface area contributed by atoms with Crippen molar-refractivity contribution in [2.75, 3.05) is 11.1 Å². The lowest BCUT2D eigenvalue weighted by molar-refractivity contribution is -0.115. The molecule has 0 aliphatic heterocycles. The lowest BCUT2D eigenvalue weighted by Crippen LogP contribution is -2.18. The lowest BCUT2D eigenvalue weighted by Gasteiger charge is -2.20. The fraction of sp³-hybridized carbons (Fsp3) is 0.368. The van der Waals surface area contributed by atoms with Gasteiger partial charge in [-0.2, -0.15) is 9.50 Å². The second-order valence-corrected chi connectivity index (χ2v) is 7.65. The van der Waals surface area contributed by atoms with Gasteiger partial charge in [0.15, 0.2) is 0 Å². The zero-order chi connectivity index (χ0) is 19.9. The number of rotatable bonds is 3. The highest BCUT2D eigenvalue weighted by atomic mass is 16.3. The van der Waals surface area contributed by atoms with Gasteiger partial charge in [-0.1, -0.05) is 26.8 Å². The molecule has 0 spiro atoms. The summed E-state index contributed by atoms with van der Waals surface area (Å²) in [4.78, 5) is 21.0. The summed E-state index contributed by atoms with van der Waals surface area (Å²) < 4.78 is 1.53. The Morgan fingerprint density at radius 2 is 1.96 bits per heavy atom. The standard InChI is InChI=1S/C19H24N6O2/c1-10-13(11(2)25-18(21-10)23-17(20)24-25)9-16(27)22-14-8-12(19(3,4)5)6-7-15(14)26/h6-8,26H,9H2,1-5H3,(H2,20,24)(H,22,27). The molecule has 3 rings (SSSR count). The van der Waals surface area contributed by atoms with Gasteiger partial charge in [0, 0.05) is 17.0 Å². The first-order valence-corrected chi connectivity index (χ1v) is 8.68. The number of carbonyl (C=O) groups excluding carboxylic acids is 1. The summed E-state index contributed by atoms with van der Waals surface area (Å²) in [6.07, 6.45) is 0.0968. The average Bonchev–Trinajstić information content (AvgIpc) is 2.93. The van der Waals surface area contributed by atoms with E-state index in [1.165, 1.54) is 4.52 Å². The summed E-state index contributed by atoms with van der Waals surface area (Å²) in [5.41, 5.74) is 9.14. The first-order chi connectivity index (χ1) is 12.6. The van der Waals surface area contributed by atoms with Crippen molar-refractivity contribution in [3.8, 4) is 5.75 Å². The molecule has 0 atom stereocenters. The summed E-state index contributed by atoms with van der Waals surface area (Å²) in [6.45, 7) is 9.88. The van der Waals surface area contributed by atoms with Gasteiger partial charge < -0.3 is 16.2 Å². The number of anilines is 2. The number of phenols is 1. The minimum absolute atomic E-state index is 0.0300. The highest BCUT2D eigenvalue weighted by molar-refractivity contribution is 5.94. The van der Waals surface area contributed by atoms with E-state index in [-0.39, 0.29) is 29.4 Å². The Morgan fingerprint density at radius 1 is 1.26 bits per heavy atom. The van der Waals surface area contributed by atoms with Crippen LogP contribution in [-0.2, 0) is 16.6 Å². The van der Waals surface area contributed by atoms with E-state index in [2.05, 4.69) is 41.2 Å². The number of nitrogens with one attached hydrogen (secondary N) is 1. The van der Waals surface area contributed by atoms with E-state index in [0.29, 0.717) is 17.2 Å². The second kappa shape index (κ2) is 6.53. The van der Waals surface area contributed by atoms with Crippen LogP contribution in [0.2, 0.25) is 0 Å². The van der Waals surface area contributed by atoms with E-state index in [0.717, 1.165) is 16.8 Å². The van der Waals surface area contributed by atoms with Gasteiger partial charge in [0.2, 0.25) is 11.9 Å². The van der Waals surface area contributed by atoms with Crippen molar-refractivity contribution in [1.82, 2.24) is 19.6 Å². The third kappa shape index (κ3) is 3.69. The van der Waals surface area contributed by atoms with Crippen LogP contribution in [0.5, 0.6) is 5.75 Å². The van der Waals surface area contributed by atoms with Crippen molar-refractivity contribution in [2.24, 2.45) is 0 Å². The second-order valence-electron chi connectivity index (χ2n) is 7.65. The Hall–Kier alpha value is -3.16. The molecular weight excluding hydrogens is 344 g/mol. The van der Waals surface area contributed by atoms with Gasteiger partial charge in [0.25, 0.3) is 5.78 Å². The van der Waals surface area contributed by atoms with Crippen LogP contribution in [0.3, 0.4) is 0 Å². The Balaban J connectivity index is 1.88. The maximum atomic E-state index is 12.6. The molecular formula is C19H24N6O2. The molecule has 0 unspecified atom stereocenters. The molecule has 4 N–H and O–H groups in total. The number of hydrogen-bond donors (Lipinski definition) is 3. The molecule has 2 aromatic heterocycles. The Morgan fingerprint density at radius 3 is 2.63 bits per heavy atom. The summed E-state index contributed by atoms with van der Waals surface area (Å²) >= 11 is 0. The number of nitrogens with two attached hydrogens (primary N) is 1. The van der Waals surface area contributed by atoms with Crippen LogP contribution >= 0.6 is 0 Å². The summed E-state index contributed by atoms with van der Waals surface area (Å²) in [6, 6.07) is 5.25. The fourth-order valence-corrected chi connectivity index (χ4v) is 2.94. The van der Waals surface area contributed by atoms with E-state index in [1.807, 2.05) is 19.9 Å². The van der Waals surface area contributed by atoms with Gasteiger partial charge in [-0.3, -0.25) is 4.79 Å². The molecule has 2 heterocycles. The number of hydrogen-bond acceptors (Lipinski definition) is 6. The quantitative estimate of drug-likeness (QED) is 0.611. The van der Waals surface area contributed by atoms with E-state index in [1.54, 1.807) is 12.1 Å². The van der Waals surface area contributed by atoms with Crippen molar-refractivity contribution in [1.29, 1.82) is 0 Å². The van der Waals surface area contributed by atoms with Crippen LogP contribution in [-0.4, -0.2) is 30.6 Å². The van der Waals surface area contributed by atoms with E-state index in [9.17, 15) is 9.90 Å². The first kappa shape index (κ1) is 18.6. The van der Waals surface area contributed by atoms with Crippen molar-refractivity contribution < 1.29 is 9.90 Å². The molecule has 0 fully saturated rings. The Labute approximate surface area is 157 Å². The number of benzene rings is 1. The zero-order valence-electron chi connectivity index (χ0n) is 16.2. The Kier molecular flexibility index (Phi) is 4.51. The minimum atomic E-state index is -0.253. The van der Waals surface area contributed by atoms with Crippen molar-refractivity contribution in [3.05, 3.63) is 40.7 Å². The van der Waals surface area contributed by atoms with E-state index >= 15 is 0 Å². The number of fused-ring (bicyclic) bond motifs is 1. The van der Waals surface area contributed by atoms with Gasteiger partial charge in [0.05, 0.1) is 12.1 Å². The first-order valence-electron chi connectivity index (χ1n) is 8.68. The van der Waals surface area contributed by atoms with Crippen LogP contribution in [0.4, 0.5) is 11.6 Å². The van der Waals surface area contributed by atoms with E-state index in [4.69, 9.17) is 5.73 Å². The molecule has 0 radical (unpaired) electrons. The van der Waals surface area contributed by atoms with Gasteiger partial charge in [0.1, 0.15) is 5.75 Å². The van der Waals surface area contributed by atoms with Gasteiger partial charge in [-0.15, -0.1) is 5.10 Å². The molecule has 27 heavy (non-hydrogen) atoms. The third-order valence-electron chi connectivity index (χ3n) is 4.54. The summed E-state index contributed by atoms with van der Waals surface area (Å²) in [7, 11) is 0. The number of aromatic hydroxyl groups is 1. The predicted octanol–water partition coefficient (Wildman–Crippen LogP) is 2.51. The normalized spacial score (nSPS) is 11.7. The molecule has 0 aliphatic rings. The molecule has 3 aromatic rings. The SMILES string of the molecule is Cc1nc2nc(N)nn2c(C)c1CC(=O)Nc1cc(C(C)(C)C)ccc1O. The number of aromatic nitrogens is 4. The molecule has 1 aromatic carbocycles. The smallest absolute Gasteiger partial charge is 0.254 e. The number of nitrogens with zero attached hydrogens (tertiary/aromatic N) is 4. The van der Waals surface area contributed by atoms with Crippen molar-refractivity contribution in [2.45, 2.75) is 46.5 Å². The summed E-state index contributed by atoms with van der Waals surface area (Å²) in [5.74, 6) is 0.317. The number of phenolic OH excluding ortho intramolecular Hbond substituents is 1. The number of carbonyl (C=O) groups is 1. The van der Waals surface area contributed by atoms with Crippen LogP contribution in [0.1, 0.15) is 43.3 Å². The van der Waals surface area contributed by atoms with Crippen LogP contribution < -0.4 is 11.1 Å². The molecule has 142 valence electrons. The molecule has 8 heteroatoms. The largest absolute Gasteiger partial charge is 0.506 e. The predicted molar refractivity (Wildman–Crippen MR) is 104 cm³/mol. The molecule has 0 saturated carbocycles. The van der Waals surface area contributed by atoms with Crippen molar-refractivity contribution >= 4 is 23.3 Å². The minimum Gasteiger partial charge on any atom is -0.506 e. The average molecular weight is 368 g/mol. The van der Waals surface area contributed by atoms with Crippen LogP contribution in [0.25, 0.3) is 5.78 Å². The van der Waals surface area contributed by atoms with Gasteiger partial charge >= 0.3 is 0 Å². The summed E-state index contributed by atoms with van der Waals surface area (Å²) in [5, 5.41) is 17.0. The Bertz CT molecular complexity index is 1030. The highest BCUT2D eigenvalue weighted by Crippen LogP contribution is 2.31. The molecule has 1 amide bonds. The lowest BCUT2D eigenvalue weighted by atomic mass is 9.87. The fourth-order valence-electron chi connectivity index (χ4n) is 2.94. The van der Waals surface area contributed by atoms with Gasteiger partial charge in [-0.05, 0) is 37.0 Å². The molecule has 0 aliphatic carbocycles. The monoisotopic (exact) mass is 368 g/mol. The van der Waals surface area contributed by atoms with Gasteiger partial charge in [-0.25, -0.2) is 4.98 Å². The van der Waals surface area contributed by atoms with Crippen molar-refractivity contribution in [3.63, 3.8) is 0 Å². The molecule has 8 nitrogen and oxygen atoms in total. The van der Waals surface area contributed by atoms with Crippen LogP contribution in [0, 0.1) is 13.8 Å². The zero-order valence-corrected chi connectivity index (χ0v) is 16.2.